The Labute approximate surface area is 162 Å². The molecular formula is C19H31N3O4S. The minimum absolute atomic E-state index is 0.00220. The van der Waals surface area contributed by atoms with E-state index in [4.69, 9.17) is 4.74 Å². The van der Waals surface area contributed by atoms with Gasteiger partial charge in [-0.05, 0) is 24.2 Å². The van der Waals surface area contributed by atoms with Crippen LogP contribution in [0.1, 0.15) is 24.9 Å². The summed E-state index contributed by atoms with van der Waals surface area (Å²) in [6, 6.07) is 7.96. The smallest absolute Gasteiger partial charge is 0.221 e. The summed E-state index contributed by atoms with van der Waals surface area (Å²) in [7, 11) is -1.50. The SMILES string of the molecule is CCN1CCN(C(CNC(=O)CCS(C)(=O)=O)c2ccc(OC)cc2)CC1. The molecule has 1 aliphatic heterocycles. The largest absolute Gasteiger partial charge is 0.497 e. The third-order valence-corrected chi connectivity index (χ3v) is 5.93. The van der Waals surface area contributed by atoms with Gasteiger partial charge in [0.25, 0.3) is 0 Å². The van der Waals surface area contributed by atoms with E-state index in [9.17, 15) is 13.2 Å². The highest BCUT2D eigenvalue weighted by atomic mass is 32.2. The lowest BCUT2D eigenvalue weighted by Gasteiger charge is -2.39. The molecule has 0 radical (unpaired) electrons. The number of hydrogen-bond acceptors (Lipinski definition) is 6. The molecule has 1 aliphatic rings. The molecule has 1 unspecified atom stereocenters. The van der Waals surface area contributed by atoms with E-state index in [1.54, 1.807) is 7.11 Å². The Morgan fingerprint density at radius 1 is 1.19 bits per heavy atom. The van der Waals surface area contributed by atoms with Crippen molar-refractivity contribution >= 4 is 15.7 Å². The Morgan fingerprint density at radius 2 is 1.81 bits per heavy atom. The Hall–Kier alpha value is -1.64. The molecule has 8 heteroatoms. The average Bonchev–Trinajstić information content (AvgIpc) is 2.67. The van der Waals surface area contributed by atoms with Crippen molar-refractivity contribution < 1.29 is 17.9 Å². The second-order valence-corrected chi connectivity index (χ2v) is 9.20. The van der Waals surface area contributed by atoms with Crippen molar-refractivity contribution in [3.05, 3.63) is 29.8 Å². The fourth-order valence-corrected chi connectivity index (χ4v) is 3.81. The van der Waals surface area contributed by atoms with Gasteiger partial charge < -0.3 is 15.0 Å². The molecule has 0 aromatic heterocycles. The minimum Gasteiger partial charge on any atom is -0.497 e. The molecule has 1 N–H and O–H groups in total. The van der Waals surface area contributed by atoms with Gasteiger partial charge in [0, 0.05) is 45.4 Å². The van der Waals surface area contributed by atoms with Crippen molar-refractivity contribution in [2.75, 3.05) is 58.4 Å². The maximum absolute atomic E-state index is 12.1. The molecule has 2 rings (SSSR count). The van der Waals surface area contributed by atoms with Crippen LogP contribution in [0.25, 0.3) is 0 Å². The number of nitrogens with one attached hydrogen (secondary N) is 1. The van der Waals surface area contributed by atoms with Gasteiger partial charge in [0.05, 0.1) is 18.9 Å². The number of methoxy groups -OCH3 is 1. The number of carbonyl (C=O) groups is 1. The van der Waals surface area contributed by atoms with Crippen LogP contribution in [0.4, 0.5) is 0 Å². The summed E-state index contributed by atoms with van der Waals surface area (Å²) in [5, 5.41) is 2.92. The number of piperazine rings is 1. The molecule has 0 bridgehead atoms. The van der Waals surface area contributed by atoms with Gasteiger partial charge in [0.2, 0.25) is 5.91 Å². The summed E-state index contributed by atoms with van der Waals surface area (Å²) < 4.78 is 27.8. The number of amides is 1. The molecular weight excluding hydrogens is 366 g/mol. The number of hydrogen-bond donors (Lipinski definition) is 1. The number of carbonyl (C=O) groups excluding carboxylic acids is 1. The van der Waals surface area contributed by atoms with Crippen molar-refractivity contribution in [2.24, 2.45) is 0 Å². The molecule has 1 saturated heterocycles. The highest BCUT2D eigenvalue weighted by molar-refractivity contribution is 7.90. The number of nitrogens with zero attached hydrogens (tertiary/aromatic N) is 2. The fraction of sp³-hybridized carbons (Fsp3) is 0.632. The van der Waals surface area contributed by atoms with Crippen molar-refractivity contribution in [1.29, 1.82) is 0 Å². The van der Waals surface area contributed by atoms with E-state index in [1.165, 1.54) is 0 Å². The molecule has 0 aliphatic carbocycles. The van der Waals surface area contributed by atoms with Crippen LogP contribution in [0.5, 0.6) is 5.75 Å². The number of benzene rings is 1. The van der Waals surface area contributed by atoms with Gasteiger partial charge in [-0.2, -0.15) is 0 Å². The first-order chi connectivity index (χ1) is 12.8. The third-order valence-electron chi connectivity index (χ3n) is 4.99. The molecule has 27 heavy (non-hydrogen) atoms. The monoisotopic (exact) mass is 397 g/mol. The Kier molecular flexibility index (Phi) is 8.07. The second-order valence-electron chi connectivity index (χ2n) is 6.94. The zero-order valence-electron chi connectivity index (χ0n) is 16.5. The second kappa shape index (κ2) is 10.1. The van der Waals surface area contributed by atoms with Crippen molar-refractivity contribution in [3.8, 4) is 5.75 Å². The van der Waals surface area contributed by atoms with Crippen LogP contribution in [-0.2, 0) is 14.6 Å². The molecule has 1 fully saturated rings. The maximum atomic E-state index is 12.1. The molecule has 0 spiro atoms. The van der Waals surface area contributed by atoms with Crippen molar-refractivity contribution in [3.63, 3.8) is 0 Å². The molecule has 1 amide bonds. The van der Waals surface area contributed by atoms with Crippen LogP contribution >= 0.6 is 0 Å². The number of likely N-dealkylation sites (N-methyl/N-ethyl adjacent to an activating group) is 1. The number of ether oxygens (including phenoxy) is 1. The summed E-state index contributed by atoms with van der Waals surface area (Å²) in [6.07, 6.45) is 1.14. The normalized spacial score (nSPS) is 17.4. The van der Waals surface area contributed by atoms with E-state index >= 15 is 0 Å². The van der Waals surface area contributed by atoms with Gasteiger partial charge in [-0.15, -0.1) is 0 Å². The van der Waals surface area contributed by atoms with E-state index in [0.717, 1.165) is 50.3 Å². The van der Waals surface area contributed by atoms with Gasteiger partial charge in [0.15, 0.2) is 0 Å². The zero-order chi connectivity index (χ0) is 19.9. The quantitative estimate of drug-likeness (QED) is 0.668. The molecule has 7 nitrogen and oxygen atoms in total. The molecule has 1 atom stereocenters. The predicted molar refractivity (Wildman–Crippen MR) is 107 cm³/mol. The number of sulfone groups is 1. The fourth-order valence-electron chi connectivity index (χ4n) is 3.25. The molecule has 152 valence electrons. The lowest BCUT2D eigenvalue weighted by atomic mass is 10.0. The third kappa shape index (κ3) is 7.12. The van der Waals surface area contributed by atoms with Crippen molar-refractivity contribution in [1.82, 2.24) is 15.1 Å². The predicted octanol–water partition coefficient (Wildman–Crippen LogP) is 0.925. The van der Waals surface area contributed by atoms with E-state index in [1.807, 2.05) is 24.3 Å². The lowest BCUT2D eigenvalue weighted by Crippen LogP contribution is -2.49. The molecule has 1 aromatic carbocycles. The Balaban J connectivity index is 2.04. The van der Waals surface area contributed by atoms with Crippen LogP contribution in [0.3, 0.4) is 0 Å². The molecule has 1 heterocycles. The van der Waals surface area contributed by atoms with Crippen LogP contribution in [0, 0.1) is 0 Å². The lowest BCUT2D eigenvalue weighted by molar-refractivity contribution is -0.121. The summed E-state index contributed by atoms with van der Waals surface area (Å²) in [6.45, 7) is 7.55. The summed E-state index contributed by atoms with van der Waals surface area (Å²) in [5.41, 5.74) is 1.11. The average molecular weight is 398 g/mol. The first-order valence-corrected chi connectivity index (χ1v) is 11.4. The van der Waals surface area contributed by atoms with Gasteiger partial charge in [-0.1, -0.05) is 19.1 Å². The summed E-state index contributed by atoms with van der Waals surface area (Å²) in [5.74, 6) is 0.443. The van der Waals surface area contributed by atoms with Gasteiger partial charge in [-0.25, -0.2) is 8.42 Å². The maximum Gasteiger partial charge on any atom is 0.221 e. The van der Waals surface area contributed by atoms with Crippen LogP contribution < -0.4 is 10.1 Å². The standard InChI is InChI=1S/C19H31N3O4S/c1-4-21-10-12-22(13-11-21)18(16-5-7-17(26-2)8-6-16)15-20-19(23)9-14-27(3,24)25/h5-8,18H,4,9-15H2,1-3H3,(H,20,23). The van der Waals surface area contributed by atoms with Crippen LogP contribution in [-0.4, -0.2) is 82.5 Å². The van der Waals surface area contributed by atoms with Gasteiger partial charge >= 0.3 is 0 Å². The first-order valence-electron chi connectivity index (χ1n) is 9.37. The number of rotatable bonds is 9. The summed E-state index contributed by atoms with van der Waals surface area (Å²) >= 11 is 0. The first kappa shape index (κ1) is 21.7. The van der Waals surface area contributed by atoms with E-state index < -0.39 is 9.84 Å². The van der Waals surface area contributed by atoms with Crippen LogP contribution in [0.2, 0.25) is 0 Å². The Morgan fingerprint density at radius 3 is 2.33 bits per heavy atom. The highest BCUT2D eigenvalue weighted by Gasteiger charge is 2.25. The molecule has 0 saturated carbocycles. The van der Waals surface area contributed by atoms with E-state index in [-0.39, 0.29) is 24.1 Å². The summed E-state index contributed by atoms with van der Waals surface area (Å²) in [4.78, 5) is 16.9. The molecule has 1 aromatic rings. The topological polar surface area (TPSA) is 79.0 Å². The Bertz CT molecular complexity index is 698. The minimum atomic E-state index is -3.14. The van der Waals surface area contributed by atoms with Gasteiger partial charge in [-0.3, -0.25) is 9.69 Å². The zero-order valence-corrected chi connectivity index (χ0v) is 17.3. The van der Waals surface area contributed by atoms with Crippen molar-refractivity contribution in [2.45, 2.75) is 19.4 Å². The van der Waals surface area contributed by atoms with Crippen LogP contribution in [0.15, 0.2) is 24.3 Å². The highest BCUT2D eigenvalue weighted by Crippen LogP contribution is 2.24. The van der Waals surface area contributed by atoms with E-state index in [2.05, 4.69) is 22.0 Å². The van der Waals surface area contributed by atoms with E-state index in [0.29, 0.717) is 6.54 Å². The van der Waals surface area contributed by atoms with Gasteiger partial charge in [0.1, 0.15) is 15.6 Å².